The number of hydrogen-bond donors (Lipinski definition) is 1. The number of halogens is 3. The Labute approximate surface area is 132 Å². The molecule has 1 fully saturated rings. The van der Waals surface area contributed by atoms with Crippen LogP contribution in [0.1, 0.15) is 17.8 Å². The first-order valence-electron chi connectivity index (χ1n) is 7.55. The molecule has 0 unspecified atom stereocenters. The molecule has 1 aliphatic rings. The smallest absolute Gasteiger partial charge is 0.379 e. The second-order valence-corrected chi connectivity index (χ2v) is 5.45. The highest BCUT2D eigenvalue weighted by Gasteiger charge is 2.34. The Morgan fingerprint density at radius 1 is 1.35 bits per heavy atom. The van der Waals surface area contributed by atoms with Crippen LogP contribution < -0.4 is 5.32 Å². The van der Waals surface area contributed by atoms with Crippen molar-refractivity contribution in [2.45, 2.75) is 26.1 Å². The average molecular weight is 334 g/mol. The van der Waals surface area contributed by atoms with Crippen molar-refractivity contribution in [3.63, 3.8) is 0 Å². The predicted octanol–water partition coefficient (Wildman–Crippen LogP) is 1.05. The first-order chi connectivity index (χ1) is 10.9. The monoisotopic (exact) mass is 334 g/mol. The summed E-state index contributed by atoms with van der Waals surface area (Å²) in [5.74, 6) is -0.193. The summed E-state index contributed by atoms with van der Waals surface area (Å²) in [7, 11) is 0. The molecule has 0 aromatic carbocycles. The molecule has 2 rings (SSSR count). The molecule has 1 N–H and O–H groups in total. The van der Waals surface area contributed by atoms with Crippen molar-refractivity contribution < 1.29 is 22.7 Å². The lowest BCUT2D eigenvalue weighted by molar-refractivity contribution is -0.141. The minimum absolute atomic E-state index is 0.100. The number of carbonyl (C=O) groups is 1. The number of nitrogens with one attached hydrogen (secondary N) is 1. The van der Waals surface area contributed by atoms with E-state index in [1.54, 1.807) is 6.92 Å². The van der Waals surface area contributed by atoms with Crippen LogP contribution in [-0.4, -0.2) is 60.0 Å². The summed E-state index contributed by atoms with van der Waals surface area (Å²) < 4.78 is 44.1. The molecule has 23 heavy (non-hydrogen) atoms. The van der Waals surface area contributed by atoms with Gasteiger partial charge in [0.25, 0.3) is 0 Å². The van der Waals surface area contributed by atoms with Crippen molar-refractivity contribution in [2.75, 3.05) is 39.4 Å². The van der Waals surface area contributed by atoms with Crippen LogP contribution in [0.5, 0.6) is 0 Å². The summed E-state index contributed by atoms with van der Waals surface area (Å²) in [4.78, 5) is 13.9. The van der Waals surface area contributed by atoms with E-state index in [1.165, 1.54) is 4.68 Å². The zero-order valence-electron chi connectivity index (χ0n) is 13.0. The first-order valence-corrected chi connectivity index (χ1v) is 7.55. The molecule has 1 aromatic heterocycles. The molecule has 0 bridgehead atoms. The van der Waals surface area contributed by atoms with Gasteiger partial charge in [0, 0.05) is 44.8 Å². The number of hydrogen-bond acceptors (Lipinski definition) is 4. The van der Waals surface area contributed by atoms with E-state index in [0.717, 1.165) is 25.7 Å². The summed E-state index contributed by atoms with van der Waals surface area (Å²) in [6.07, 6.45) is -4.36. The average Bonchev–Trinajstić information content (AvgIpc) is 2.88. The fraction of sp³-hybridized carbons (Fsp3) is 0.714. The Morgan fingerprint density at radius 3 is 2.65 bits per heavy atom. The van der Waals surface area contributed by atoms with E-state index in [4.69, 9.17) is 4.74 Å². The van der Waals surface area contributed by atoms with Crippen LogP contribution in [0.15, 0.2) is 6.07 Å². The third-order valence-corrected chi connectivity index (χ3v) is 3.68. The lowest BCUT2D eigenvalue weighted by atomic mass is 10.3. The molecule has 2 heterocycles. The van der Waals surface area contributed by atoms with Crippen molar-refractivity contribution in [3.05, 3.63) is 17.5 Å². The number of nitrogens with zero attached hydrogens (tertiary/aromatic N) is 3. The lowest BCUT2D eigenvalue weighted by Crippen LogP contribution is -2.41. The van der Waals surface area contributed by atoms with E-state index >= 15 is 0 Å². The van der Waals surface area contributed by atoms with Gasteiger partial charge in [-0.3, -0.25) is 14.4 Å². The van der Waals surface area contributed by atoms with Crippen molar-refractivity contribution in [1.82, 2.24) is 20.0 Å². The summed E-state index contributed by atoms with van der Waals surface area (Å²) in [6.45, 7) is 6.04. The quantitative estimate of drug-likeness (QED) is 0.845. The standard InChI is InChI=1S/C14H21F3N4O2/c1-11-10-12(14(15,16)17)19-21(11)4-2-13(22)18-3-5-20-6-8-23-9-7-20/h10H,2-9H2,1H3,(H,18,22). The van der Waals surface area contributed by atoms with E-state index in [1.807, 2.05) is 0 Å². The van der Waals surface area contributed by atoms with Crippen molar-refractivity contribution in [2.24, 2.45) is 0 Å². The number of carbonyl (C=O) groups excluding carboxylic acids is 1. The zero-order chi connectivity index (χ0) is 16.9. The summed E-state index contributed by atoms with van der Waals surface area (Å²) >= 11 is 0. The van der Waals surface area contributed by atoms with Crippen LogP contribution in [0, 0.1) is 6.92 Å². The van der Waals surface area contributed by atoms with Gasteiger partial charge >= 0.3 is 6.18 Å². The largest absolute Gasteiger partial charge is 0.435 e. The SMILES string of the molecule is Cc1cc(C(F)(F)F)nn1CCC(=O)NCCN1CCOCC1. The van der Waals surface area contributed by atoms with Gasteiger partial charge in [-0.05, 0) is 13.0 Å². The van der Waals surface area contributed by atoms with Gasteiger partial charge in [-0.2, -0.15) is 18.3 Å². The topological polar surface area (TPSA) is 59.4 Å². The summed E-state index contributed by atoms with van der Waals surface area (Å²) in [5.41, 5.74) is -0.541. The van der Waals surface area contributed by atoms with Gasteiger partial charge in [-0.15, -0.1) is 0 Å². The highest BCUT2D eigenvalue weighted by atomic mass is 19.4. The highest BCUT2D eigenvalue weighted by Crippen LogP contribution is 2.28. The molecule has 0 saturated carbocycles. The van der Waals surface area contributed by atoms with E-state index in [2.05, 4.69) is 15.3 Å². The number of rotatable bonds is 6. The van der Waals surface area contributed by atoms with Gasteiger partial charge in [0.1, 0.15) is 0 Å². The summed E-state index contributed by atoms with van der Waals surface area (Å²) in [5, 5.41) is 6.27. The van der Waals surface area contributed by atoms with Gasteiger partial charge < -0.3 is 10.1 Å². The minimum Gasteiger partial charge on any atom is -0.379 e. The Balaban J connectivity index is 1.70. The number of aryl methyl sites for hydroxylation is 2. The van der Waals surface area contributed by atoms with Crippen LogP contribution in [0.25, 0.3) is 0 Å². The van der Waals surface area contributed by atoms with Crippen molar-refractivity contribution in [3.8, 4) is 0 Å². The van der Waals surface area contributed by atoms with E-state index < -0.39 is 11.9 Å². The second-order valence-electron chi connectivity index (χ2n) is 5.45. The van der Waals surface area contributed by atoms with Crippen molar-refractivity contribution in [1.29, 1.82) is 0 Å². The molecule has 0 radical (unpaired) electrons. The third-order valence-electron chi connectivity index (χ3n) is 3.68. The first kappa shape index (κ1) is 17.7. The van der Waals surface area contributed by atoms with Crippen LogP contribution >= 0.6 is 0 Å². The number of ether oxygens (including phenoxy) is 1. The van der Waals surface area contributed by atoms with E-state index in [-0.39, 0.29) is 18.9 Å². The number of alkyl halides is 3. The van der Waals surface area contributed by atoms with Crippen LogP contribution in [0.4, 0.5) is 13.2 Å². The van der Waals surface area contributed by atoms with Crippen LogP contribution in [0.3, 0.4) is 0 Å². The molecule has 1 amide bonds. The van der Waals surface area contributed by atoms with E-state index in [9.17, 15) is 18.0 Å². The van der Waals surface area contributed by atoms with Gasteiger partial charge in [0.2, 0.25) is 5.91 Å². The maximum absolute atomic E-state index is 12.6. The molecule has 130 valence electrons. The lowest BCUT2D eigenvalue weighted by Gasteiger charge is -2.26. The van der Waals surface area contributed by atoms with Crippen LogP contribution in [-0.2, 0) is 22.3 Å². The van der Waals surface area contributed by atoms with Gasteiger partial charge in [0.15, 0.2) is 5.69 Å². The van der Waals surface area contributed by atoms with Gasteiger partial charge in [-0.1, -0.05) is 0 Å². The zero-order valence-corrected chi connectivity index (χ0v) is 13.0. The third kappa shape index (κ3) is 5.51. The molecule has 1 aromatic rings. The predicted molar refractivity (Wildman–Crippen MR) is 76.9 cm³/mol. The Kier molecular flexibility index (Phi) is 6.00. The Hall–Kier alpha value is -1.61. The maximum Gasteiger partial charge on any atom is 0.435 e. The summed E-state index contributed by atoms with van der Waals surface area (Å²) in [6, 6.07) is 0.982. The minimum atomic E-state index is -4.46. The highest BCUT2D eigenvalue weighted by molar-refractivity contribution is 5.75. The molecular formula is C14H21F3N4O2. The molecule has 0 atom stereocenters. The molecule has 1 saturated heterocycles. The molecule has 0 spiro atoms. The normalized spacial score (nSPS) is 16.5. The molecule has 1 aliphatic heterocycles. The molecule has 9 heteroatoms. The number of aromatic nitrogens is 2. The molecule has 0 aliphatic carbocycles. The fourth-order valence-corrected chi connectivity index (χ4v) is 2.35. The van der Waals surface area contributed by atoms with E-state index in [0.29, 0.717) is 25.5 Å². The van der Waals surface area contributed by atoms with Gasteiger partial charge in [0.05, 0.1) is 13.2 Å². The van der Waals surface area contributed by atoms with Gasteiger partial charge in [-0.25, -0.2) is 0 Å². The number of amides is 1. The van der Waals surface area contributed by atoms with Crippen molar-refractivity contribution >= 4 is 5.91 Å². The Bertz CT molecular complexity index is 525. The fourth-order valence-electron chi connectivity index (χ4n) is 2.35. The molecule has 6 nitrogen and oxygen atoms in total. The Morgan fingerprint density at radius 2 is 2.04 bits per heavy atom. The van der Waals surface area contributed by atoms with Crippen LogP contribution in [0.2, 0.25) is 0 Å². The molecular weight excluding hydrogens is 313 g/mol. The maximum atomic E-state index is 12.6. The number of morpholine rings is 1. The second kappa shape index (κ2) is 7.78.